The summed E-state index contributed by atoms with van der Waals surface area (Å²) in [6.45, 7) is 2.09. The van der Waals surface area contributed by atoms with Gasteiger partial charge in [0.15, 0.2) is 6.29 Å². The van der Waals surface area contributed by atoms with Gasteiger partial charge >= 0.3 is 5.97 Å². The highest BCUT2D eigenvalue weighted by atomic mass is 16.5. The molecule has 0 bridgehead atoms. The molecule has 0 atom stereocenters. The van der Waals surface area contributed by atoms with Gasteiger partial charge in [-0.1, -0.05) is 5.21 Å². The van der Waals surface area contributed by atoms with Gasteiger partial charge in [0.25, 0.3) is 0 Å². The number of carbonyl (C=O) groups excluding carboxylic acids is 2. The molecule has 0 saturated heterocycles. The number of hydrogen-bond acceptors (Lipinski definition) is 5. The Morgan fingerprint density at radius 2 is 2.11 bits per heavy atom. The van der Waals surface area contributed by atoms with Gasteiger partial charge in [0, 0.05) is 0 Å². The number of carbonyl (C=O) groups is 2. The number of esters is 1. The van der Waals surface area contributed by atoms with Crippen LogP contribution in [0.5, 0.6) is 0 Å². The molecule has 1 aromatic heterocycles. The van der Waals surface area contributed by atoms with E-state index in [1.807, 2.05) is 0 Å². The van der Waals surface area contributed by atoms with E-state index in [0.29, 0.717) is 24.1 Å². The summed E-state index contributed by atoms with van der Waals surface area (Å²) < 4.78 is 6.33. The van der Waals surface area contributed by atoms with Crippen LogP contribution < -0.4 is 0 Å². The van der Waals surface area contributed by atoms with Crippen molar-refractivity contribution in [3.8, 4) is 5.69 Å². The summed E-state index contributed by atoms with van der Waals surface area (Å²) >= 11 is 0. The largest absolute Gasteiger partial charge is 0.462 e. The maximum Gasteiger partial charge on any atom is 0.338 e. The molecule has 6 nitrogen and oxygen atoms in total. The molecule has 2 rings (SSSR count). The molecule has 0 saturated carbocycles. The van der Waals surface area contributed by atoms with Crippen molar-refractivity contribution in [1.29, 1.82) is 0 Å². The van der Waals surface area contributed by atoms with E-state index in [9.17, 15) is 9.59 Å². The van der Waals surface area contributed by atoms with E-state index in [1.54, 1.807) is 31.2 Å². The zero-order valence-corrected chi connectivity index (χ0v) is 9.74. The van der Waals surface area contributed by atoms with Crippen molar-refractivity contribution in [1.82, 2.24) is 15.0 Å². The molecule has 1 heterocycles. The average Bonchev–Trinajstić information content (AvgIpc) is 2.88. The third-order valence-electron chi connectivity index (χ3n) is 2.27. The van der Waals surface area contributed by atoms with Gasteiger partial charge in [-0.25, -0.2) is 9.48 Å². The normalized spacial score (nSPS) is 10.1. The van der Waals surface area contributed by atoms with Crippen LogP contribution >= 0.6 is 0 Å². The van der Waals surface area contributed by atoms with Crippen molar-refractivity contribution >= 4 is 12.3 Å². The van der Waals surface area contributed by atoms with Crippen LogP contribution in [0, 0.1) is 0 Å². The first-order valence-electron chi connectivity index (χ1n) is 5.39. The molecule has 18 heavy (non-hydrogen) atoms. The Balaban J connectivity index is 2.21. The molecule has 0 unspecified atom stereocenters. The van der Waals surface area contributed by atoms with Crippen molar-refractivity contribution in [3.63, 3.8) is 0 Å². The summed E-state index contributed by atoms with van der Waals surface area (Å²) in [5.74, 6) is -0.365. The summed E-state index contributed by atoms with van der Waals surface area (Å²) in [4.78, 5) is 21.9. The fraction of sp³-hybridized carbons (Fsp3) is 0.167. The zero-order valence-electron chi connectivity index (χ0n) is 9.74. The van der Waals surface area contributed by atoms with Gasteiger partial charge in [-0.3, -0.25) is 4.79 Å². The lowest BCUT2D eigenvalue weighted by Crippen LogP contribution is -2.04. The minimum absolute atomic E-state index is 0.254. The summed E-state index contributed by atoms with van der Waals surface area (Å²) in [5, 5.41) is 7.44. The van der Waals surface area contributed by atoms with Crippen LogP contribution in [-0.2, 0) is 4.74 Å². The van der Waals surface area contributed by atoms with Gasteiger partial charge < -0.3 is 4.74 Å². The number of nitrogens with zero attached hydrogens (tertiary/aromatic N) is 3. The average molecular weight is 245 g/mol. The van der Waals surface area contributed by atoms with Crippen LogP contribution in [0.3, 0.4) is 0 Å². The van der Waals surface area contributed by atoms with Crippen molar-refractivity contribution in [2.75, 3.05) is 6.61 Å². The number of hydrogen-bond donors (Lipinski definition) is 0. The van der Waals surface area contributed by atoms with Crippen molar-refractivity contribution in [2.24, 2.45) is 0 Å². The fourth-order valence-corrected chi connectivity index (χ4v) is 1.42. The molecule has 6 heteroatoms. The van der Waals surface area contributed by atoms with Crippen LogP contribution in [0.25, 0.3) is 5.69 Å². The van der Waals surface area contributed by atoms with E-state index in [1.165, 1.54) is 10.9 Å². The van der Waals surface area contributed by atoms with Gasteiger partial charge in [0.05, 0.1) is 24.1 Å². The Hall–Kier alpha value is -2.50. The second-order valence-electron chi connectivity index (χ2n) is 3.47. The molecule has 0 radical (unpaired) electrons. The van der Waals surface area contributed by atoms with Gasteiger partial charge in [-0.15, -0.1) is 5.10 Å². The zero-order chi connectivity index (χ0) is 13.0. The molecule has 0 aliphatic heterocycles. The number of rotatable bonds is 4. The lowest BCUT2D eigenvalue weighted by Gasteiger charge is -2.03. The predicted molar refractivity (Wildman–Crippen MR) is 62.7 cm³/mol. The molecule has 1 aromatic carbocycles. The molecule has 2 aromatic rings. The third-order valence-corrected chi connectivity index (χ3v) is 2.27. The van der Waals surface area contributed by atoms with E-state index in [2.05, 4.69) is 10.3 Å². The maximum atomic E-state index is 11.4. The fourth-order valence-electron chi connectivity index (χ4n) is 1.42. The standard InChI is InChI=1S/C12H11N3O3/c1-2-18-12(17)9-3-5-11(6-4-9)15-7-10(8-16)13-14-15/h3-8H,2H2,1H3. The number of aromatic nitrogens is 3. The van der Waals surface area contributed by atoms with E-state index in [4.69, 9.17) is 4.74 Å². The van der Waals surface area contributed by atoms with Gasteiger partial charge in [-0.2, -0.15) is 0 Å². The Kier molecular flexibility index (Phi) is 3.47. The minimum Gasteiger partial charge on any atom is -0.462 e. The monoisotopic (exact) mass is 245 g/mol. The van der Waals surface area contributed by atoms with Crippen LogP contribution in [0.4, 0.5) is 0 Å². The van der Waals surface area contributed by atoms with Crippen LogP contribution in [0.1, 0.15) is 27.8 Å². The van der Waals surface area contributed by atoms with Crippen LogP contribution in [0.15, 0.2) is 30.5 Å². The van der Waals surface area contributed by atoms with Gasteiger partial charge in [-0.05, 0) is 31.2 Å². The van der Waals surface area contributed by atoms with E-state index < -0.39 is 0 Å². The molecule has 92 valence electrons. The Bertz CT molecular complexity index is 560. The Morgan fingerprint density at radius 3 is 2.67 bits per heavy atom. The highest BCUT2D eigenvalue weighted by molar-refractivity contribution is 5.89. The topological polar surface area (TPSA) is 74.1 Å². The van der Waals surface area contributed by atoms with E-state index in [-0.39, 0.29) is 11.7 Å². The highest BCUT2D eigenvalue weighted by Gasteiger charge is 2.07. The highest BCUT2D eigenvalue weighted by Crippen LogP contribution is 2.09. The molecule has 0 fully saturated rings. The number of ether oxygens (including phenoxy) is 1. The SMILES string of the molecule is CCOC(=O)c1ccc(-n2cc(C=O)nn2)cc1. The summed E-state index contributed by atoms with van der Waals surface area (Å²) in [5.41, 5.74) is 1.43. The van der Waals surface area contributed by atoms with Gasteiger partial charge in [0.1, 0.15) is 5.69 Å². The molecule has 0 spiro atoms. The number of aldehydes is 1. The van der Waals surface area contributed by atoms with E-state index in [0.717, 1.165) is 0 Å². The summed E-state index contributed by atoms with van der Waals surface area (Å²) in [6.07, 6.45) is 2.13. The first-order valence-corrected chi connectivity index (χ1v) is 5.39. The second kappa shape index (κ2) is 5.22. The van der Waals surface area contributed by atoms with E-state index >= 15 is 0 Å². The predicted octanol–water partition coefficient (Wildman–Crippen LogP) is 1.26. The molecular formula is C12H11N3O3. The minimum atomic E-state index is -0.365. The smallest absolute Gasteiger partial charge is 0.338 e. The molecule has 0 amide bonds. The molecule has 0 aliphatic carbocycles. The maximum absolute atomic E-state index is 11.4. The quantitative estimate of drug-likeness (QED) is 0.598. The second-order valence-corrected chi connectivity index (χ2v) is 3.47. The first kappa shape index (κ1) is 12.0. The van der Waals surface area contributed by atoms with Crippen LogP contribution in [0.2, 0.25) is 0 Å². The van der Waals surface area contributed by atoms with Crippen molar-refractivity contribution in [2.45, 2.75) is 6.92 Å². The lowest BCUT2D eigenvalue weighted by atomic mass is 10.2. The lowest BCUT2D eigenvalue weighted by molar-refractivity contribution is 0.0526. The summed E-state index contributed by atoms with van der Waals surface area (Å²) in [7, 11) is 0. The molecule has 0 aliphatic rings. The Morgan fingerprint density at radius 1 is 1.39 bits per heavy atom. The van der Waals surface area contributed by atoms with Crippen LogP contribution in [-0.4, -0.2) is 33.9 Å². The van der Waals surface area contributed by atoms with Gasteiger partial charge in [0.2, 0.25) is 0 Å². The first-order chi connectivity index (χ1) is 8.74. The third kappa shape index (κ3) is 2.42. The molecule has 0 N–H and O–H groups in total. The van der Waals surface area contributed by atoms with Crippen molar-refractivity contribution in [3.05, 3.63) is 41.7 Å². The molecular weight excluding hydrogens is 234 g/mol. The summed E-state index contributed by atoms with van der Waals surface area (Å²) in [6, 6.07) is 6.68. The number of benzene rings is 1. The Labute approximate surface area is 103 Å². The van der Waals surface area contributed by atoms with Crippen molar-refractivity contribution < 1.29 is 14.3 Å².